The molecule has 192 valence electrons. The SMILES string of the molecule is C=CC(=O)O.C=CC(=O)OCCCCCCCCCCCCCCCCCC.C=CC(N)=O. The van der Waals surface area contributed by atoms with Crippen LogP contribution < -0.4 is 5.73 Å². The minimum absolute atomic E-state index is 0.300. The molecule has 0 saturated heterocycles. The number of nitrogens with two attached hydrogens (primary N) is 1. The van der Waals surface area contributed by atoms with Crippen molar-refractivity contribution in [2.24, 2.45) is 5.73 Å². The van der Waals surface area contributed by atoms with E-state index in [0.29, 0.717) is 6.61 Å². The van der Waals surface area contributed by atoms with Gasteiger partial charge in [0.25, 0.3) is 0 Å². The number of amides is 1. The molecule has 1 amide bonds. The zero-order chi connectivity index (χ0) is 25.6. The number of aliphatic carboxylic acids is 1. The van der Waals surface area contributed by atoms with Gasteiger partial charge in [-0.3, -0.25) is 4.79 Å². The molecule has 0 fully saturated rings. The maximum absolute atomic E-state index is 10.8. The van der Waals surface area contributed by atoms with Crippen molar-refractivity contribution in [3.05, 3.63) is 38.0 Å². The first kappa shape index (κ1) is 35.2. The Hall–Kier alpha value is -2.37. The summed E-state index contributed by atoms with van der Waals surface area (Å²) in [4.78, 5) is 29.6. The molecule has 6 nitrogen and oxygen atoms in total. The van der Waals surface area contributed by atoms with Crippen molar-refractivity contribution < 1.29 is 24.2 Å². The van der Waals surface area contributed by atoms with Crippen molar-refractivity contribution in [3.8, 4) is 0 Å². The molecule has 0 bridgehead atoms. The van der Waals surface area contributed by atoms with Gasteiger partial charge in [0.1, 0.15) is 0 Å². The molecule has 0 rings (SSSR count). The highest BCUT2D eigenvalue weighted by molar-refractivity contribution is 5.85. The normalized spacial score (nSPS) is 9.36. The summed E-state index contributed by atoms with van der Waals surface area (Å²) in [6.45, 7) is 12.3. The summed E-state index contributed by atoms with van der Waals surface area (Å²) in [5.41, 5.74) is 4.53. The van der Waals surface area contributed by atoms with Crippen molar-refractivity contribution >= 4 is 17.8 Å². The number of carboxylic acid groups (broad SMARTS) is 1. The predicted octanol–water partition coefficient (Wildman–Crippen LogP) is 6.89. The first-order valence-electron chi connectivity index (χ1n) is 12.4. The van der Waals surface area contributed by atoms with E-state index in [1.807, 2.05) is 0 Å². The van der Waals surface area contributed by atoms with E-state index < -0.39 is 11.9 Å². The molecular formula is C27H49NO5. The molecule has 0 saturated carbocycles. The van der Waals surface area contributed by atoms with E-state index in [4.69, 9.17) is 9.84 Å². The molecule has 0 aliphatic heterocycles. The van der Waals surface area contributed by atoms with E-state index in [2.05, 4.69) is 32.4 Å². The number of carbonyl (C=O) groups excluding carboxylic acids is 2. The molecule has 0 aromatic heterocycles. The minimum Gasteiger partial charge on any atom is -0.478 e. The molecule has 0 aromatic carbocycles. The van der Waals surface area contributed by atoms with Crippen molar-refractivity contribution in [1.82, 2.24) is 0 Å². The van der Waals surface area contributed by atoms with Crippen LogP contribution in [0.5, 0.6) is 0 Å². The average Bonchev–Trinajstić information content (AvgIpc) is 2.81. The second-order valence-electron chi connectivity index (χ2n) is 7.82. The van der Waals surface area contributed by atoms with E-state index in [9.17, 15) is 14.4 Å². The lowest BCUT2D eigenvalue weighted by Gasteiger charge is -2.04. The largest absolute Gasteiger partial charge is 0.478 e. The average molecular weight is 468 g/mol. The Labute approximate surface area is 202 Å². The number of unbranched alkanes of at least 4 members (excludes halogenated alkanes) is 15. The fraction of sp³-hybridized carbons (Fsp3) is 0.667. The van der Waals surface area contributed by atoms with Gasteiger partial charge in [0.15, 0.2) is 0 Å². The Kier molecular flexibility index (Phi) is 34.0. The highest BCUT2D eigenvalue weighted by atomic mass is 16.5. The van der Waals surface area contributed by atoms with Gasteiger partial charge in [-0.1, -0.05) is 123 Å². The van der Waals surface area contributed by atoms with Crippen LogP contribution >= 0.6 is 0 Å². The van der Waals surface area contributed by atoms with Gasteiger partial charge in [-0.15, -0.1) is 0 Å². The van der Waals surface area contributed by atoms with Gasteiger partial charge in [-0.2, -0.15) is 0 Å². The van der Waals surface area contributed by atoms with Gasteiger partial charge in [0, 0.05) is 12.2 Å². The van der Waals surface area contributed by atoms with Crippen LogP contribution in [-0.2, 0) is 19.1 Å². The predicted molar refractivity (Wildman–Crippen MR) is 138 cm³/mol. The molecule has 3 N–H and O–H groups in total. The Balaban J connectivity index is -0.000000746. The third-order valence-corrected chi connectivity index (χ3v) is 4.78. The maximum atomic E-state index is 10.8. The Morgan fingerprint density at radius 3 is 1.21 bits per heavy atom. The summed E-state index contributed by atoms with van der Waals surface area (Å²) in [7, 11) is 0. The van der Waals surface area contributed by atoms with Gasteiger partial charge in [0.2, 0.25) is 5.91 Å². The van der Waals surface area contributed by atoms with Gasteiger partial charge in [-0.25, -0.2) is 9.59 Å². The van der Waals surface area contributed by atoms with E-state index in [0.717, 1.165) is 18.6 Å². The zero-order valence-corrected chi connectivity index (χ0v) is 21.0. The summed E-state index contributed by atoms with van der Waals surface area (Å²) in [6, 6.07) is 0. The fourth-order valence-electron chi connectivity index (χ4n) is 2.88. The van der Waals surface area contributed by atoms with E-state index >= 15 is 0 Å². The molecule has 0 spiro atoms. The number of carboxylic acids is 1. The number of carbonyl (C=O) groups is 3. The van der Waals surface area contributed by atoms with Gasteiger partial charge in [-0.05, 0) is 12.5 Å². The first-order chi connectivity index (χ1) is 15.8. The van der Waals surface area contributed by atoms with Crippen molar-refractivity contribution in [1.29, 1.82) is 0 Å². The van der Waals surface area contributed by atoms with Crippen LogP contribution in [0.4, 0.5) is 0 Å². The minimum atomic E-state index is -0.981. The van der Waals surface area contributed by atoms with Gasteiger partial charge < -0.3 is 15.6 Å². The fourth-order valence-corrected chi connectivity index (χ4v) is 2.88. The van der Waals surface area contributed by atoms with Crippen LogP contribution in [0.2, 0.25) is 0 Å². The number of hydrogen-bond acceptors (Lipinski definition) is 4. The Bertz CT molecular complexity index is 485. The third-order valence-electron chi connectivity index (χ3n) is 4.78. The highest BCUT2D eigenvalue weighted by Gasteiger charge is 1.96. The Morgan fingerprint density at radius 2 is 0.970 bits per heavy atom. The van der Waals surface area contributed by atoms with Crippen molar-refractivity contribution in [3.63, 3.8) is 0 Å². The second kappa shape index (κ2) is 31.8. The molecule has 0 radical (unpaired) electrons. The van der Waals surface area contributed by atoms with Crippen molar-refractivity contribution in [2.75, 3.05) is 6.61 Å². The molecular weight excluding hydrogens is 418 g/mol. The van der Waals surface area contributed by atoms with E-state index in [1.54, 1.807) is 0 Å². The highest BCUT2D eigenvalue weighted by Crippen LogP contribution is 2.13. The van der Waals surface area contributed by atoms with Crippen molar-refractivity contribution in [2.45, 2.75) is 110 Å². The zero-order valence-electron chi connectivity index (χ0n) is 21.0. The quantitative estimate of drug-likeness (QED) is 0.115. The van der Waals surface area contributed by atoms with E-state index in [1.165, 1.54) is 102 Å². The molecule has 0 unspecified atom stereocenters. The lowest BCUT2D eigenvalue weighted by Crippen LogP contribution is -2.04. The summed E-state index contributed by atoms with van der Waals surface area (Å²) in [6.07, 6.45) is 24.9. The molecule has 6 heteroatoms. The lowest BCUT2D eigenvalue weighted by molar-refractivity contribution is -0.138. The number of primary amides is 1. The molecule has 33 heavy (non-hydrogen) atoms. The topological polar surface area (TPSA) is 107 Å². The van der Waals surface area contributed by atoms with Crippen LogP contribution in [0.15, 0.2) is 38.0 Å². The van der Waals surface area contributed by atoms with Gasteiger partial charge >= 0.3 is 11.9 Å². The molecule has 0 aliphatic rings. The number of rotatable bonds is 20. The summed E-state index contributed by atoms with van der Waals surface area (Å²) in [5.74, 6) is -1.76. The summed E-state index contributed by atoms with van der Waals surface area (Å²) < 4.78 is 4.95. The van der Waals surface area contributed by atoms with Crippen LogP contribution in [-0.4, -0.2) is 29.6 Å². The van der Waals surface area contributed by atoms with Crippen LogP contribution in [0, 0.1) is 0 Å². The number of ether oxygens (including phenoxy) is 1. The third kappa shape index (κ3) is 44.2. The molecule has 0 atom stereocenters. The number of esters is 1. The lowest BCUT2D eigenvalue weighted by atomic mass is 10.0. The maximum Gasteiger partial charge on any atom is 0.330 e. The summed E-state index contributed by atoms with van der Waals surface area (Å²) >= 11 is 0. The first-order valence-corrected chi connectivity index (χ1v) is 12.4. The molecule has 0 heterocycles. The Morgan fingerprint density at radius 1 is 0.667 bits per heavy atom. The van der Waals surface area contributed by atoms with Crippen LogP contribution in [0.25, 0.3) is 0 Å². The van der Waals surface area contributed by atoms with Crippen LogP contribution in [0.1, 0.15) is 110 Å². The smallest absolute Gasteiger partial charge is 0.330 e. The second-order valence-corrected chi connectivity index (χ2v) is 7.82. The standard InChI is InChI=1S/C21H40O2.C3H5NO.C3H4O2/c1-3-5-6-7-8-9-10-11-12-13-14-15-16-17-18-19-20-23-21(22)4-2;2*1-2-3(4)5/h4H,2-3,5-20H2,1H3;2H,1H2,(H2,4,5);2H,1H2,(H,4,5). The monoisotopic (exact) mass is 467 g/mol. The van der Waals surface area contributed by atoms with Gasteiger partial charge in [0.05, 0.1) is 6.61 Å². The van der Waals surface area contributed by atoms with Crippen LogP contribution in [0.3, 0.4) is 0 Å². The number of hydrogen-bond donors (Lipinski definition) is 2. The molecule has 0 aromatic rings. The van der Waals surface area contributed by atoms with E-state index in [-0.39, 0.29) is 5.97 Å². The molecule has 0 aliphatic carbocycles. The summed E-state index contributed by atoms with van der Waals surface area (Å²) in [5, 5.41) is 7.60.